The van der Waals surface area contributed by atoms with Crippen molar-refractivity contribution in [3.63, 3.8) is 0 Å². The second-order valence-corrected chi connectivity index (χ2v) is 8.30. The number of aliphatic hydroxyl groups excluding tert-OH is 1. The molecule has 1 amide bonds. The monoisotopic (exact) mass is 501 g/mol. The molecule has 0 aromatic heterocycles. The first-order chi connectivity index (χ1) is 17.4. The van der Waals surface area contributed by atoms with Crippen molar-refractivity contribution in [2.75, 3.05) is 41.1 Å². The Hall–Kier alpha value is -3.59. The van der Waals surface area contributed by atoms with Crippen LogP contribution >= 0.6 is 0 Å². The molecule has 1 N–H and O–H groups in total. The first kappa shape index (κ1) is 27.0. The molecule has 1 aliphatic rings. The van der Waals surface area contributed by atoms with Crippen LogP contribution in [0.15, 0.2) is 42.0 Å². The molecule has 1 atom stereocenters. The molecule has 9 heteroatoms. The van der Waals surface area contributed by atoms with Crippen LogP contribution in [0.3, 0.4) is 0 Å². The van der Waals surface area contributed by atoms with E-state index in [0.29, 0.717) is 36.7 Å². The van der Waals surface area contributed by atoms with E-state index >= 15 is 0 Å². The fourth-order valence-corrected chi connectivity index (χ4v) is 4.11. The van der Waals surface area contributed by atoms with E-state index in [-0.39, 0.29) is 23.4 Å². The SMILES string of the molecule is CCCCOc1ccc(C2/C(=C(\O)c3ccc(OC)c(F)c3)C(=O)C(=O)N2CCCOC)cc1OC. The first-order valence-electron chi connectivity index (χ1n) is 11.8. The van der Waals surface area contributed by atoms with Crippen LogP contribution in [-0.2, 0) is 14.3 Å². The highest BCUT2D eigenvalue weighted by Crippen LogP contribution is 2.42. The van der Waals surface area contributed by atoms with Crippen molar-refractivity contribution in [1.29, 1.82) is 0 Å². The van der Waals surface area contributed by atoms with E-state index in [9.17, 15) is 19.1 Å². The topological polar surface area (TPSA) is 94.5 Å². The Morgan fingerprint density at radius 3 is 2.33 bits per heavy atom. The standard InChI is InChI=1S/C27H32FNO7/c1-5-6-14-36-21-11-8-17(16-22(21)35-4)24-23(26(31)27(32)29(24)12-7-13-33-2)25(30)18-9-10-20(34-3)19(28)15-18/h8-11,15-16,24,30H,5-7,12-14H2,1-4H3/b25-23+. The van der Waals surface area contributed by atoms with E-state index in [1.54, 1.807) is 25.3 Å². The number of amides is 1. The molecule has 0 radical (unpaired) electrons. The molecular weight excluding hydrogens is 469 g/mol. The molecule has 194 valence electrons. The van der Waals surface area contributed by atoms with Crippen molar-refractivity contribution in [3.8, 4) is 17.2 Å². The minimum atomic E-state index is -0.911. The summed E-state index contributed by atoms with van der Waals surface area (Å²) in [6.07, 6.45) is 2.33. The van der Waals surface area contributed by atoms with Crippen LogP contribution < -0.4 is 14.2 Å². The lowest BCUT2D eigenvalue weighted by Gasteiger charge is -2.26. The molecule has 36 heavy (non-hydrogen) atoms. The number of aliphatic hydroxyl groups is 1. The highest BCUT2D eigenvalue weighted by atomic mass is 19.1. The van der Waals surface area contributed by atoms with Crippen LogP contribution in [0.4, 0.5) is 4.39 Å². The van der Waals surface area contributed by atoms with Gasteiger partial charge in [-0.1, -0.05) is 19.4 Å². The zero-order valence-corrected chi connectivity index (χ0v) is 21.0. The Kier molecular flexibility index (Phi) is 9.30. The first-order valence-corrected chi connectivity index (χ1v) is 11.8. The molecule has 2 aromatic rings. The molecule has 0 saturated carbocycles. The lowest BCUT2D eigenvalue weighted by Crippen LogP contribution is -2.31. The molecule has 1 unspecified atom stereocenters. The van der Waals surface area contributed by atoms with Crippen molar-refractivity contribution in [2.45, 2.75) is 32.2 Å². The van der Waals surface area contributed by atoms with E-state index in [2.05, 4.69) is 6.92 Å². The number of unbranched alkanes of at least 4 members (excludes halogenated alkanes) is 1. The lowest BCUT2D eigenvalue weighted by molar-refractivity contribution is -0.140. The number of likely N-dealkylation sites (tertiary alicyclic amines) is 1. The Labute approximate surface area is 210 Å². The number of hydrogen-bond acceptors (Lipinski definition) is 7. The van der Waals surface area contributed by atoms with E-state index in [0.717, 1.165) is 18.9 Å². The van der Waals surface area contributed by atoms with Crippen molar-refractivity contribution < 1.29 is 38.0 Å². The predicted molar refractivity (Wildman–Crippen MR) is 132 cm³/mol. The number of ether oxygens (including phenoxy) is 4. The van der Waals surface area contributed by atoms with Gasteiger partial charge >= 0.3 is 0 Å². The van der Waals surface area contributed by atoms with Gasteiger partial charge in [0.25, 0.3) is 11.7 Å². The zero-order chi connectivity index (χ0) is 26.2. The van der Waals surface area contributed by atoms with E-state index in [1.165, 1.54) is 31.3 Å². The van der Waals surface area contributed by atoms with Crippen LogP contribution in [0.25, 0.3) is 5.76 Å². The van der Waals surface area contributed by atoms with Gasteiger partial charge in [-0.3, -0.25) is 9.59 Å². The number of ketones is 1. The number of rotatable bonds is 12. The molecular formula is C27H32FNO7. The molecule has 8 nitrogen and oxygen atoms in total. The smallest absolute Gasteiger partial charge is 0.295 e. The zero-order valence-electron chi connectivity index (χ0n) is 21.0. The highest BCUT2D eigenvalue weighted by molar-refractivity contribution is 6.46. The molecule has 1 aliphatic heterocycles. The number of hydrogen-bond donors (Lipinski definition) is 1. The number of methoxy groups -OCH3 is 3. The molecule has 1 heterocycles. The van der Waals surface area contributed by atoms with Crippen LogP contribution in [0.1, 0.15) is 43.4 Å². The number of nitrogens with zero attached hydrogens (tertiary/aromatic N) is 1. The normalized spacial score (nSPS) is 16.9. The lowest BCUT2D eigenvalue weighted by atomic mass is 9.94. The van der Waals surface area contributed by atoms with Gasteiger partial charge in [0.15, 0.2) is 23.1 Å². The fourth-order valence-electron chi connectivity index (χ4n) is 4.11. The molecule has 1 saturated heterocycles. The van der Waals surface area contributed by atoms with Crippen molar-refractivity contribution >= 4 is 17.4 Å². The van der Waals surface area contributed by atoms with Gasteiger partial charge in [-0.05, 0) is 48.7 Å². The van der Waals surface area contributed by atoms with Gasteiger partial charge in [-0.25, -0.2) is 4.39 Å². The number of carbonyl (C=O) groups excluding carboxylic acids is 2. The quantitative estimate of drug-likeness (QED) is 0.198. The number of benzene rings is 2. The van der Waals surface area contributed by atoms with Crippen LogP contribution in [-0.4, -0.2) is 62.8 Å². The average Bonchev–Trinajstić information content (AvgIpc) is 3.13. The molecule has 2 aromatic carbocycles. The number of Topliss-reactive ketones (excluding diaryl/α,β-unsaturated/α-hetero) is 1. The fraction of sp³-hybridized carbons (Fsp3) is 0.407. The summed E-state index contributed by atoms with van der Waals surface area (Å²) in [6, 6.07) is 8.05. The Bertz CT molecular complexity index is 1130. The second-order valence-electron chi connectivity index (χ2n) is 8.30. The van der Waals surface area contributed by atoms with Crippen LogP contribution in [0, 0.1) is 5.82 Å². The summed E-state index contributed by atoms with van der Waals surface area (Å²) < 4.78 is 35.7. The molecule has 0 spiro atoms. The predicted octanol–water partition coefficient (Wildman–Crippen LogP) is 4.48. The van der Waals surface area contributed by atoms with Gasteiger partial charge in [0.2, 0.25) is 0 Å². The summed E-state index contributed by atoms with van der Waals surface area (Å²) in [4.78, 5) is 27.6. The van der Waals surface area contributed by atoms with Crippen molar-refractivity contribution in [2.24, 2.45) is 0 Å². The maximum atomic E-state index is 14.4. The average molecular weight is 502 g/mol. The van der Waals surface area contributed by atoms with Crippen molar-refractivity contribution in [3.05, 3.63) is 58.9 Å². The highest BCUT2D eigenvalue weighted by Gasteiger charge is 2.46. The summed E-state index contributed by atoms with van der Waals surface area (Å²) >= 11 is 0. The number of halogens is 1. The van der Waals surface area contributed by atoms with Gasteiger partial charge in [-0.2, -0.15) is 0 Å². The molecule has 0 bridgehead atoms. The van der Waals surface area contributed by atoms with Crippen LogP contribution in [0.2, 0.25) is 0 Å². The summed E-state index contributed by atoms with van der Waals surface area (Å²) in [6.45, 7) is 3.18. The van der Waals surface area contributed by atoms with Gasteiger partial charge in [0.05, 0.1) is 32.4 Å². The van der Waals surface area contributed by atoms with Gasteiger partial charge < -0.3 is 29.0 Å². The summed E-state index contributed by atoms with van der Waals surface area (Å²) in [5, 5.41) is 11.1. The third-order valence-corrected chi connectivity index (χ3v) is 5.97. The largest absolute Gasteiger partial charge is 0.507 e. The minimum Gasteiger partial charge on any atom is -0.507 e. The summed E-state index contributed by atoms with van der Waals surface area (Å²) in [5.74, 6) is -1.84. The minimum absolute atomic E-state index is 0.00786. The van der Waals surface area contributed by atoms with Gasteiger partial charge in [-0.15, -0.1) is 0 Å². The van der Waals surface area contributed by atoms with Gasteiger partial charge in [0, 0.05) is 25.8 Å². The Balaban J connectivity index is 2.11. The molecule has 0 aliphatic carbocycles. The molecule has 3 rings (SSSR count). The van der Waals surface area contributed by atoms with E-state index < -0.39 is 29.3 Å². The maximum Gasteiger partial charge on any atom is 0.295 e. The third-order valence-electron chi connectivity index (χ3n) is 5.97. The van der Waals surface area contributed by atoms with Gasteiger partial charge in [0.1, 0.15) is 5.76 Å². The Morgan fingerprint density at radius 2 is 1.69 bits per heavy atom. The van der Waals surface area contributed by atoms with Crippen molar-refractivity contribution in [1.82, 2.24) is 4.90 Å². The summed E-state index contributed by atoms with van der Waals surface area (Å²) in [7, 11) is 4.37. The molecule has 1 fully saturated rings. The van der Waals surface area contributed by atoms with E-state index in [4.69, 9.17) is 18.9 Å². The van der Waals surface area contributed by atoms with E-state index in [1.807, 2.05) is 0 Å². The Morgan fingerprint density at radius 1 is 0.972 bits per heavy atom. The summed E-state index contributed by atoms with van der Waals surface area (Å²) in [5.41, 5.74) is 0.463. The third kappa shape index (κ3) is 5.62. The number of carbonyl (C=O) groups is 2. The maximum absolute atomic E-state index is 14.4. The van der Waals surface area contributed by atoms with Crippen LogP contribution in [0.5, 0.6) is 17.2 Å². The second kappa shape index (κ2) is 12.4.